The van der Waals surface area contributed by atoms with Crippen LogP contribution in [-0.2, 0) is 13.0 Å². The molecule has 0 radical (unpaired) electrons. The number of hydrogen-bond donors (Lipinski definition) is 2. The highest BCUT2D eigenvalue weighted by atomic mass is 15.2. The lowest BCUT2D eigenvalue weighted by atomic mass is 10.1. The van der Waals surface area contributed by atoms with Crippen molar-refractivity contribution in [1.29, 1.82) is 0 Å². The molecule has 0 aliphatic rings. The fraction of sp³-hybridized carbons (Fsp3) is 0.353. The second-order valence-electron chi connectivity index (χ2n) is 5.58. The van der Waals surface area contributed by atoms with Crippen LogP contribution in [-0.4, -0.2) is 26.1 Å². The van der Waals surface area contributed by atoms with E-state index in [-0.39, 0.29) is 0 Å². The Morgan fingerprint density at radius 2 is 1.82 bits per heavy atom. The lowest BCUT2D eigenvalue weighted by Gasteiger charge is -2.24. The van der Waals surface area contributed by atoms with Gasteiger partial charge in [0.25, 0.3) is 0 Å². The van der Waals surface area contributed by atoms with Crippen LogP contribution in [0.2, 0.25) is 0 Å². The van der Waals surface area contributed by atoms with Gasteiger partial charge in [-0.2, -0.15) is 0 Å². The number of hydrogen-bond acceptors (Lipinski definition) is 5. The van der Waals surface area contributed by atoms with Crippen LogP contribution in [0.1, 0.15) is 18.1 Å². The summed E-state index contributed by atoms with van der Waals surface area (Å²) in [5.41, 5.74) is 16.9. The minimum Gasteiger partial charge on any atom is -0.396 e. The van der Waals surface area contributed by atoms with Gasteiger partial charge >= 0.3 is 0 Å². The minimum atomic E-state index is 0.557. The summed E-state index contributed by atoms with van der Waals surface area (Å²) >= 11 is 0. The third-order valence-electron chi connectivity index (χ3n) is 3.84. The van der Waals surface area contributed by atoms with Gasteiger partial charge in [-0.05, 0) is 23.6 Å². The van der Waals surface area contributed by atoms with Gasteiger partial charge in [0.05, 0.1) is 17.6 Å². The molecule has 1 heterocycles. The molecule has 0 atom stereocenters. The second kappa shape index (κ2) is 6.66. The number of pyridine rings is 1. The van der Waals surface area contributed by atoms with Gasteiger partial charge in [0.15, 0.2) is 0 Å². The molecule has 5 nitrogen and oxygen atoms in total. The quantitative estimate of drug-likeness (QED) is 0.887. The number of anilines is 4. The number of nitrogens with two attached hydrogens (primary N) is 2. The van der Waals surface area contributed by atoms with Gasteiger partial charge in [-0.3, -0.25) is 0 Å². The van der Waals surface area contributed by atoms with E-state index in [1.807, 2.05) is 32.1 Å². The predicted molar refractivity (Wildman–Crippen MR) is 94.8 cm³/mol. The number of aryl methyl sites for hydroxylation is 1. The molecule has 22 heavy (non-hydrogen) atoms. The van der Waals surface area contributed by atoms with E-state index in [1.165, 1.54) is 5.56 Å². The predicted octanol–water partition coefficient (Wildman–Crippen LogP) is 2.52. The van der Waals surface area contributed by atoms with Crippen LogP contribution in [0.15, 0.2) is 30.5 Å². The summed E-state index contributed by atoms with van der Waals surface area (Å²) in [5.74, 6) is 0.869. The fourth-order valence-electron chi connectivity index (χ4n) is 2.52. The average Bonchev–Trinajstić information content (AvgIpc) is 2.53. The summed E-state index contributed by atoms with van der Waals surface area (Å²) in [6.45, 7) is 2.70. The molecule has 0 bridgehead atoms. The minimum absolute atomic E-state index is 0.557. The largest absolute Gasteiger partial charge is 0.396 e. The lowest BCUT2D eigenvalue weighted by Crippen LogP contribution is -2.16. The van der Waals surface area contributed by atoms with E-state index in [9.17, 15) is 0 Å². The van der Waals surface area contributed by atoms with Crippen molar-refractivity contribution in [1.82, 2.24) is 4.98 Å². The third kappa shape index (κ3) is 3.14. The molecular formula is C17H25N5. The molecule has 0 aliphatic heterocycles. The van der Waals surface area contributed by atoms with Gasteiger partial charge in [-0.15, -0.1) is 0 Å². The van der Waals surface area contributed by atoms with E-state index >= 15 is 0 Å². The van der Waals surface area contributed by atoms with Crippen LogP contribution in [0.5, 0.6) is 0 Å². The molecule has 0 saturated carbocycles. The van der Waals surface area contributed by atoms with Crippen molar-refractivity contribution < 1.29 is 0 Å². The Kier molecular flexibility index (Phi) is 4.88. The van der Waals surface area contributed by atoms with E-state index in [1.54, 1.807) is 6.20 Å². The smallest absolute Gasteiger partial charge is 0.134 e. The van der Waals surface area contributed by atoms with Crippen molar-refractivity contribution in [3.63, 3.8) is 0 Å². The number of rotatable bonds is 5. The van der Waals surface area contributed by atoms with Gasteiger partial charge < -0.3 is 21.3 Å². The normalized spacial score (nSPS) is 10.6. The first-order valence-corrected chi connectivity index (χ1v) is 7.46. The molecule has 2 rings (SSSR count). The summed E-state index contributed by atoms with van der Waals surface area (Å²) in [6, 6.07) is 8.34. The molecule has 118 valence electrons. The Labute approximate surface area is 132 Å². The first kappa shape index (κ1) is 16.1. The Bertz CT molecular complexity index is 651. The topological polar surface area (TPSA) is 71.4 Å². The number of nitrogens with zero attached hydrogens (tertiary/aromatic N) is 3. The van der Waals surface area contributed by atoms with Gasteiger partial charge in [0, 0.05) is 39.4 Å². The Hall–Kier alpha value is -2.27. The lowest BCUT2D eigenvalue weighted by molar-refractivity contribution is 1.02. The highest BCUT2D eigenvalue weighted by molar-refractivity contribution is 5.73. The van der Waals surface area contributed by atoms with E-state index in [0.29, 0.717) is 12.2 Å². The molecule has 0 amide bonds. The van der Waals surface area contributed by atoms with E-state index in [0.717, 1.165) is 29.2 Å². The molecule has 1 aromatic heterocycles. The van der Waals surface area contributed by atoms with Crippen molar-refractivity contribution >= 4 is 22.9 Å². The monoisotopic (exact) mass is 299 g/mol. The van der Waals surface area contributed by atoms with Gasteiger partial charge in [0.1, 0.15) is 5.82 Å². The molecule has 0 aliphatic carbocycles. The number of benzene rings is 1. The molecule has 4 N–H and O–H groups in total. The Balaban J connectivity index is 2.43. The summed E-state index contributed by atoms with van der Waals surface area (Å²) in [7, 11) is 5.97. The second-order valence-corrected chi connectivity index (χ2v) is 5.58. The molecule has 2 aromatic rings. The number of nitrogen functional groups attached to an aromatic ring is 1. The molecule has 0 spiro atoms. The Morgan fingerprint density at radius 3 is 2.41 bits per heavy atom. The third-order valence-corrected chi connectivity index (χ3v) is 3.84. The average molecular weight is 299 g/mol. The molecule has 1 aromatic carbocycles. The summed E-state index contributed by atoms with van der Waals surface area (Å²) < 4.78 is 0. The van der Waals surface area contributed by atoms with Crippen molar-refractivity contribution in [2.24, 2.45) is 5.73 Å². The standard InChI is InChI=1S/C17H25N5/c1-5-13-8-12(10-18)6-7-15(13)22(4)17-9-16(21(2)3)14(19)11-20-17/h6-9,11H,5,10,18-19H2,1-4H3. The summed E-state index contributed by atoms with van der Waals surface area (Å²) in [5, 5.41) is 0. The number of aromatic nitrogens is 1. The highest BCUT2D eigenvalue weighted by Crippen LogP contribution is 2.31. The van der Waals surface area contributed by atoms with Crippen LogP contribution in [0.3, 0.4) is 0 Å². The summed E-state index contributed by atoms with van der Waals surface area (Å²) in [6.07, 6.45) is 2.66. The van der Waals surface area contributed by atoms with Crippen LogP contribution in [0.4, 0.5) is 22.9 Å². The van der Waals surface area contributed by atoms with Crippen molar-refractivity contribution in [3.05, 3.63) is 41.6 Å². The maximum Gasteiger partial charge on any atom is 0.134 e. The van der Waals surface area contributed by atoms with E-state index < -0.39 is 0 Å². The van der Waals surface area contributed by atoms with Crippen LogP contribution in [0.25, 0.3) is 0 Å². The zero-order valence-corrected chi connectivity index (χ0v) is 13.8. The van der Waals surface area contributed by atoms with E-state index in [2.05, 4.69) is 35.0 Å². The van der Waals surface area contributed by atoms with Crippen LogP contribution >= 0.6 is 0 Å². The summed E-state index contributed by atoms with van der Waals surface area (Å²) in [4.78, 5) is 8.55. The van der Waals surface area contributed by atoms with Crippen molar-refractivity contribution in [2.75, 3.05) is 36.7 Å². The van der Waals surface area contributed by atoms with Gasteiger partial charge in [-0.1, -0.05) is 19.1 Å². The zero-order chi connectivity index (χ0) is 16.3. The molecule has 0 unspecified atom stereocenters. The van der Waals surface area contributed by atoms with Crippen molar-refractivity contribution in [2.45, 2.75) is 19.9 Å². The van der Waals surface area contributed by atoms with Crippen LogP contribution < -0.4 is 21.3 Å². The first-order chi connectivity index (χ1) is 10.5. The molecule has 5 heteroatoms. The van der Waals surface area contributed by atoms with Crippen LogP contribution in [0, 0.1) is 0 Å². The maximum absolute atomic E-state index is 5.99. The zero-order valence-electron chi connectivity index (χ0n) is 13.8. The SMILES string of the molecule is CCc1cc(CN)ccc1N(C)c1cc(N(C)C)c(N)cn1. The van der Waals surface area contributed by atoms with Gasteiger partial charge in [-0.25, -0.2) is 4.98 Å². The Morgan fingerprint density at radius 1 is 1.09 bits per heavy atom. The van der Waals surface area contributed by atoms with E-state index in [4.69, 9.17) is 11.5 Å². The highest BCUT2D eigenvalue weighted by Gasteiger charge is 2.12. The maximum atomic E-state index is 5.99. The fourth-order valence-corrected chi connectivity index (χ4v) is 2.52. The van der Waals surface area contributed by atoms with Crippen molar-refractivity contribution in [3.8, 4) is 0 Å². The molecule has 0 fully saturated rings. The molecular weight excluding hydrogens is 274 g/mol. The molecule has 0 saturated heterocycles. The first-order valence-electron chi connectivity index (χ1n) is 7.46. The van der Waals surface area contributed by atoms with Gasteiger partial charge in [0.2, 0.25) is 0 Å².